The normalized spacial score (nSPS) is 32.6. The minimum absolute atomic E-state index is 0.0191. The Morgan fingerprint density at radius 1 is 1.39 bits per heavy atom. The third kappa shape index (κ3) is 3.57. The molecule has 0 radical (unpaired) electrons. The van der Waals surface area contributed by atoms with Gasteiger partial charge >= 0.3 is 6.03 Å². The molecule has 18 heavy (non-hydrogen) atoms. The SMILES string of the molecule is CCC1CN(C(=O)NCC2COCO2)CC(C)O1. The third-order valence-electron chi connectivity index (χ3n) is 3.24. The topological polar surface area (TPSA) is 60.0 Å². The van der Waals surface area contributed by atoms with Crippen LogP contribution in [0.25, 0.3) is 0 Å². The highest BCUT2D eigenvalue weighted by Crippen LogP contribution is 2.13. The summed E-state index contributed by atoms with van der Waals surface area (Å²) in [7, 11) is 0. The summed E-state index contributed by atoms with van der Waals surface area (Å²) >= 11 is 0. The second-order valence-corrected chi connectivity index (χ2v) is 4.85. The molecule has 2 rings (SSSR count). The first-order chi connectivity index (χ1) is 8.69. The zero-order chi connectivity index (χ0) is 13.0. The average molecular weight is 258 g/mol. The highest BCUT2D eigenvalue weighted by molar-refractivity contribution is 5.74. The highest BCUT2D eigenvalue weighted by atomic mass is 16.7. The smallest absolute Gasteiger partial charge is 0.317 e. The van der Waals surface area contributed by atoms with Gasteiger partial charge in [-0.05, 0) is 13.3 Å². The van der Waals surface area contributed by atoms with Crippen molar-refractivity contribution in [2.45, 2.75) is 38.6 Å². The Kier molecular flexibility index (Phi) is 4.79. The summed E-state index contributed by atoms with van der Waals surface area (Å²) in [5.74, 6) is 0. The molecule has 0 bridgehead atoms. The van der Waals surface area contributed by atoms with E-state index >= 15 is 0 Å². The third-order valence-corrected chi connectivity index (χ3v) is 3.24. The van der Waals surface area contributed by atoms with Crippen LogP contribution < -0.4 is 5.32 Å². The van der Waals surface area contributed by atoms with Crippen LogP contribution in [0.4, 0.5) is 4.79 Å². The van der Waals surface area contributed by atoms with Crippen LogP contribution in [0.15, 0.2) is 0 Å². The molecule has 3 unspecified atom stereocenters. The number of rotatable bonds is 3. The van der Waals surface area contributed by atoms with Crippen molar-refractivity contribution in [3.8, 4) is 0 Å². The molecule has 2 aliphatic heterocycles. The average Bonchev–Trinajstić information content (AvgIpc) is 2.88. The number of nitrogens with zero attached hydrogens (tertiary/aromatic N) is 1. The van der Waals surface area contributed by atoms with Crippen LogP contribution in [0.5, 0.6) is 0 Å². The summed E-state index contributed by atoms with van der Waals surface area (Å²) in [4.78, 5) is 13.8. The van der Waals surface area contributed by atoms with Gasteiger partial charge in [0.05, 0.1) is 18.8 Å². The van der Waals surface area contributed by atoms with Gasteiger partial charge in [-0.3, -0.25) is 0 Å². The van der Waals surface area contributed by atoms with E-state index in [4.69, 9.17) is 14.2 Å². The van der Waals surface area contributed by atoms with Crippen molar-refractivity contribution < 1.29 is 19.0 Å². The van der Waals surface area contributed by atoms with Gasteiger partial charge in [0, 0.05) is 19.6 Å². The summed E-state index contributed by atoms with van der Waals surface area (Å²) in [5, 5.41) is 2.89. The number of hydrogen-bond acceptors (Lipinski definition) is 4. The molecular weight excluding hydrogens is 236 g/mol. The Bertz CT molecular complexity index is 281. The molecule has 6 nitrogen and oxygen atoms in total. The second-order valence-electron chi connectivity index (χ2n) is 4.85. The van der Waals surface area contributed by atoms with E-state index in [9.17, 15) is 4.79 Å². The van der Waals surface area contributed by atoms with Crippen LogP contribution in [0, 0.1) is 0 Å². The fraction of sp³-hybridized carbons (Fsp3) is 0.917. The molecule has 0 saturated carbocycles. The van der Waals surface area contributed by atoms with Crippen LogP contribution in [0.2, 0.25) is 0 Å². The molecule has 0 aromatic heterocycles. The summed E-state index contributed by atoms with van der Waals surface area (Å²) in [6.07, 6.45) is 1.15. The van der Waals surface area contributed by atoms with Gasteiger partial charge in [0.1, 0.15) is 12.9 Å². The molecule has 0 aromatic carbocycles. The van der Waals surface area contributed by atoms with Gasteiger partial charge in [0.2, 0.25) is 0 Å². The van der Waals surface area contributed by atoms with Crippen molar-refractivity contribution >= 4 is 6.03 Å². The number of hydrogen-bond donors (Lipinski definition) is 1. The molecule has 2 fully saturated rings. The maximum absolute atomic E-state index is 12.0. The molecule has 2 saturated heterocycles. The molecule has 2 amide bonds. The van der Waals surface area contributed by atoms with Crippen LogP contribution in [-0.4, -0.2) is 62.3 Å². The van der Waals surface area contributed by atoms with Crippen LogP contribution in [-0.2, 0) is 14.2 Å². The minimum Gasteiger partial charge on any atom is -0.372 e. The molecule has 0 spiro atoms. The van der Waals surface area contributed by atoms with Crippen molar-refractivity contribution in [2.24, 2.45) is 0 Å². The van der Waals surface area contributed by atoms with Crippen molar-refractivity contribution in [3.63, 3.8) is 0 Å². The van der Waals surface area contributed by atoms with Crippen LogP contribution in [0.3, 0.4) is 0 Å². The molecule has 6 heteroatoms. The molecule has 0 aromatic rings. The van der Waals surface area contributed by atoms with Crippen molar-refractivity contribution in [3.05, 3.63) is 0 Å². The Labute approximate surface area is 108 Å². The zero-order valence-electron chi connectivity index (χ0n) is 11.1. The fourth-order valence-electron chi connectivity index (χ4n) is 2.24. The number of nitrogens with one attached hydrogen (secondary N) is 1. The zero-order valence-corrected chi connectivity index (χ0v) is 11.1. The lowest BCUT2D eigenvalue weighted by Crippen LogP contribution is -2.53. The predicted molar refractivity (Wildman–Crippen MR) is 65.3 cm³/mol. The van der Waals surface area contributed by atoms with E-state index in [1.165, 1.54) is 0 Å². The van der Waals surface area contributed by atoms with Gasteiger partial charge in [-0.2, -0.15) is 0 Å². The Morgan fingerprint density at radius 3 is 2.89 bits per heavy atom. The quantitative estimate of drug-likeness (QED) is 0.804. The van der Waals surface area contributed by atoms with Crippen molar-refractivity contribution in [1.29, 1.82) is 0 Å². The van der Waals surface area contributed by atoms with Crippen molar-refractivity contribution in [2.75, 3.05) is 33.0 Å². The van der Waals surface area contributed by atoms with E-state index in [2.05, 4.69) is 12.2 Å². The number of morpholine rings is 1. The Hall–Kier alpha value is -0.850. The van der Waals surface area contributed by atoms with Gasteiger partial charge in [0.25, 0.3) is 0 Å². The molecular formula is C12H22N2O4. The Balaban J connectivity index is 1.76. The molecule has 3 atom stereocenters. The lowest BCUT2D eigenvalue weighted by atomic mass is 10.2. The number of urea groups is 1. The summed E-state index contributed by atoms with van der Waals surface area (Å²) < 4.78 is 16.1. The second kappa shape index (κ2) is 6.36. The van der Waals surface area contributed by atoms with E-state index in [0.717, 1.165) is 6.42 Å². The number of amides is 2. The van der Waals surface area contributed by atoms with Gasteiger partial charge in [-0.25, -0.2) is 4.79 Å². The maximum Gasteiger partial charge on any atom is 0.317 e. The molecule has 2 heterocycles. The highest BCUT2D eigenvalue weighted by Gasteiger charge is 2.28. The van der Waals surface area contributed by atoms with Gasteiger partial charge < -0.3 is 24.4 Å². The first-order valence-electron chi connectivity index (χ1n) is 6.56. The lowest BCUT2D eigenvalue weighted by molar-refractivity contribution is -0.0647. The van der Waals surface area contributed by atoms with E-state index in [0.29, 0.717) is 33.0 Å². The minimum atomic E-state index is -0.0425. The largest absolute Gasteiger partial charge is 0.372 e. The van der Waals surface area contributed by atoms with E-state index in [1.807, 2.05) is 11.8 Å². The number of carbonyl (C=O) groups excluding carboxylic acids is 1. The maximum atomic E-state index is 12.0. The Morgan fingerprint density at radius 2 is 2.22 bits per heavy atom. The summed E-state index contributed by atoms with van der Waals surface area (Å²) in [6.45, 7) is 6.75. The molecule has 2 aliphatic rings. The standard InChI is InChI=1S/C12H22N2O4/c1-3-10-6-14(5-9(2)18-10)12(15)13-4-11-7-16-8-17-11/h9-11H,3-8H2,1-2H3,(H,13,15). The van der Waals surface area contributed by atoms with Gasteiger partial charge in [-0.15, -0.1) is 0 Å². The van der Waals surface area contributed by atoms with Gasteiger partial charge in [-0.1, -0.05) is 6.92 Å². The lowest BCUT2D eigenvalue weighted by Gasteiger charge is -2.36. The summed E-state index contributed by atoms with van der Waals surface area (Å²) in [6, 6.07) is -0.0425. The number of carbonyl (C=O) groups is 1. The van der Waals surface area contributed by atoms with E-state index < -0.39 is 0 Å². The first kappa shape index (κ1) is 13.6. The van der Waals surface area contributed by atoms with Crippen LogP contribution >= 0.6 is 0 Å². The van der Waals surface area contributed by atoms with E-state index in [1.54, 1.807) is 0 Å². The molecule has 0 aliphatic carbocycles. The molecule has 104 valence electrons. The van der Waals surface area contributed by atoms with E-state index in [-0.39, 0.29) is 24.3 Å². The van der Waals surface area contributed by atoms with Crippen molar-refractivity contribution in [1.82, 2.24) is 10.2 Å². The monoisotopic (exact) mass is 258 g/mol. The first-order valence-corrected chi connectivity index (χ1v) is 6.56. The molecule has 1 N–H and O–H groups in total. The fourth-order valence-corrected chi connectivity index (χ4v) is 2.24. The van der Waals surface area contributed by atoms with Crippen LogP contribution in [0.1, 0.15) is 20.3 Å². The van der Waals surface area contributed by atoms with Gasteiger partial charge in [0.15, 0.2) is 0 Å². The number of ether oxygens (including phenoxy) is 3. The summed E-state index contributed by atoms with van der Waals surface area (Å²) in [5.41, 5.74) is 0. The predicted octanol–water partition coefficient (Wildman–Crippen LogP) is 0.568.